The summed E-state index contributed by atoms with van der Waals surface area (Å²) in [5, 5.41) is 2.60. The van der Waals surface area contributed by atoms with Gasteiger partial charge in [-0.25, -0.2) is 8.42 Å². The van der Waals surface area contributed by atoms with Crippen molar-refractivity contribution in [3.8, 4) is 11.1 Å². The molecule has 0 spiro atoms. The second-order valence-corrected chi connectivity index (χ2v) is 9.60. The van der Waals surface area contributed by atoms with Crippen molar-refractivity contribution in [2.45, 2.75) is 19.1 Å². The number of hydrogen-bond acceptors (Lipinski definition) is 4. The van der Waals surface area contributed by atoms with Crippen LogP contribution >= 0.6 is 0 Å². The summed E-state index contributed by atoms with van der Waals surface area (Å²) in [5.74, 6) is -1.18. The minimum atomic E-state index is -4.46. The fourth-order valence-electron chi connectivity index (χ4n) is 3.31. The van der Waals surface area contributed by atoms with Gasteiger partial charge < -0.3 is 10.2 Å². The Morgan fingerprint density at radius 1 is 1.00 bits per heavy atom. The van der Waals surface area contributed by atoms with Gasteiger partial charge in [0.2, 0.25) is 5.91 Å². The Hall–Kier alpha value is -2.88. The Morgan fingerprint density at radius 3 is 2.16 bits per heavy atom. The molecule has 3 rings (SSSR count). The number of sulfone groups is 1. The fourth-order valence-corrected chi connectivity index (χ4v) is 4.52. The first-order chi connectivity index (χ1) is 14.5. The van der Waals surface area contributed by atoms with Crippen molar-refractivity contribution >= 4 is 21.7 Å². The van der Waals surface area contributed by atoms with Gasteiger partial charge >= 0.3 is 6.18 Å². The number of nitrogens with zero attached hydrogens (tertiary/aromatic N) is 1. The largest absolute Gasteiger partial charge is 0.416 e. The lowest BCUT2D eigenvalue weighted by molar-refractivity contribution is -0.137. The molecule has 2 amide bonds. The highest BCUT2D eigenvalue weighted by atomic mass is 32.2. The summed E-state index contributed by atoms with van der Waals surface area (Å²) in [4.78, 5) is 26.8. The van der Waals surface area contributed by atoms with E-state index in [2.05, 4.69) is 5.32 Å². The standard InChI is InChI=1S/C21H21F3N2O4S/c1-14(20(28)26-10-12-31(29,30)13-11-26)25-19(27)18-5-3-2-4-17(18)15-6-8-16(9-7-15)21(22,23)24/h2-9,14H,10-13H2,1H3,(H,25,27). The Morgan fingerprint density at radius 2 is 1.58 bits per heavy atom. The van der Waals surface area contributed by atoms with Crippen molar-refractivity contribution in [2.24, 2.45) is 0 Å². The number of hydrogen-bond donors (Lipinski definition) is 1. The molecule has 1 fully saturated rings. The van der Waals surface area contributed by atoms with E-state index < -0.39 is 39.4 Å². The van der Waals surface area contributed by atoms with E-state index in [-0.39, 0.29) is 30.2 Å². The lowest BCUT2D eigenvalue weighted by Crippen LogP contribution is -2.51. The maximum Gasteiger partial charge on any atom is 0.416 e. The lowest BCUT2D eigenvalue weighted by Gasteiger charge is -2.29. The van der Waals surface area contributed by atoms with Crippen LogP contribution in [0.25, 0.3) is 11.1 Å². The van der Waals surface area contributed by atoms with Gasteiger partial charge in [0.15, 0.2) is 9.84 Å². The van der Waals surface area contributed by atoms with E-state index in [1.165, 1.54) is 30.0 Å². The molecule has 2 aromatic rings. The molecule has 1 atom stereocenters. The molecule has 0 aromatic heterocycles. The monoisotopic (exact) mass is 454 g/mol. The average molecular weight is 454 g/mol. The molecule has 1 saturated heterocycles. The van der Waals surface area contributed by atoms with E-state index in [0.717, 1.165) is 12.1 Å². The molecule has 1 aliphatic heterocycles. The highest BCUT2D eigenvalue weighted by molar-refractivity contribution is 7.91. The van der Waals surface area contributed by atoms with Crippen molar-refractivity contribution in [1.82, 2.24) is 10.2 Å². The maximum atomic E-state index is 12.8. The Kier molecular flexibility index (Phi) is 6.40. The van der Waals surface area contributed by atoms with Gasteiger partial charge in [0.05, 0.1) is 17.1 Å². The van der Waals surface area contributed by atoms with Crippen LogP contribution in [0.5, 0.6) is 0 Å². The molecule has 31 heavy (non-hydrogen) atoms. The maximum absolute atomic E-state index is 12.8. The van der Waals surface area contributed by atoms with E-state index in [0.29, 0.717) is 11.1 Å². The number of nitrogens with one attached hydrogen (secondary N) is 1. The van der Waals surface area contributed by atoms with E-state index in [1.54, 1.807) is 18.2 Å². The first-order valence-electron chi connectivity index (χ1n) is 9.55. The van der Waals surface area contributed by atoms with E-state index >= 15 is 0 Å². The molecule has 1 unspecified atom stereocenters. The van der Waals surface area contributed by atoms with Gasteiger partial charge in [-0.3, -0.25) is 9.59 Å². The van der Waals surface area contributed by atoms with Crippen LogP contribution in [0.15, 0.2) is 48.5 Å². The normalized spacial score (nSPS) is 17.1. The van der Waals surface area contributed by atoms with Gasteiger partial charge in [-0.15, -0.1) is 0 Å². The topological polar surface area (TPSA) is 83.6 Å². The van der Waals surface area contributed by atoms with Crippen molar-refractivity contribution in [1.29, 1.82) is 0 Å². The molecule has 1 aliphatic rings. The number of alkyl halides is 3. The van der Waals surface area contributed by atoms with Crippen LogP contribution in [0.3, 0.4) is 0 Å². The van der Waals surface area contributed by atoms with Crippen LogP contribution in [0.2, 0.25) is 0 Å². The molecule has 0 bridgehead atoms. The lowest BCUT2D eigenvalue weighted by atomic mass is 9.98. The van der Waals surface area contributed by atoms with Crippen LogP contribution in [0, 0.1) is 0 Å². The second kappa shape index (κ2) is 8.70. The fraction of sp³-hybridized carbons (Fsp3) is 0.333. The van der Waals surface area contributed by atoms with Crippen molar-refractivity contribution in [2.75, 3.05) is 24.6 Å². The molecule has 2 aromatic carbocycles. The van der Waals surface area contributed by atoms with Crippen molar-refractivity contribution in [3.05, 3.63) is 59.7 Å². The summed E-state index contributed by atoms with van der Waals surface area (Å²) in [6, 6.07) is 9.98. The average Bonchev–Trinajstić information content (AvgIpc) is 2.72. The predicted octanol–water partition coefficient (Wildman–Crippen LogP) is 2.75. The predicted molar refractivity (Wildman–Crippen MR) is 109 cm³/mol. The van der Waals surface area contributed by atoms with Gasteiger partial charge in [0.1, 0.15) is 6.04 Å². The van der Waals surface area contributed by atoms with Gasteiger partial charge in [-0.05, 0) is 36.2 Å². The number of carbonyl (C=O) groups is 2. The number of amides is 2. The number of halogens is 3. The minimum Gasteiger partial charge on any atom is -0.341 e. The number of benzene rings is 2. The SMILES string of the molecule is CC(NC(=O)c1ccccc1-c1ccc(C(F)(F)F)cc1)C(=O)N1CCS(=O)(=O)CC1. The third kappa shape index (κ3) is 5.43. The molecule has 10 heteroatoms. The van der Waals surface area contributed by atoms with Crippen LogP contribution in [0.4, 0.5) is 13.2 Å². The van der Waals surface area contributed by atoms with Gasteiger partial charge in [-0.2, -0.15) is 13.2 Å². The zero-order chi connectivity index (χ0) is 22.8. The molecule has 1 N–H and O–H groups in total. The van der Waals surface area contributed by atoms with Gasteiger partial charge in [0.25, 0.3) is 5.91 Å². The minimum absolute atomic E-state index is 0.0729. The van der Waals surface area contributed by atoms with E-state index in [4.69, 9.17) is 0 Å². The van der Waals surface area contributed by atoms with Gasteiger partial charge in [0, 0.05) is 18.7 Å². The highest BCUT2D eigenvalue weighted by Crippen LogP contribution is 2.31. The zero-order valence-corrected chi connectivity index (χ0v) is 17.5. The molecule has 0 aliphatic carbocycles. The third-order valence-electron chi connectivity index (χ3n) is 5.07. The summed E-state index contributed by atoms with van der Waals surface area (Å²) in [6.07, 6.45) is -4.46. The van der Waals surface area contributed by atoms with Crippen molar-refractivity contribution in [3.63, 3.8) is 0 Å². The van der Waals surface area contributed by atoms with Crippen LogP contribution in [0.1, 0.15) is 22.8 Å². The smallest absolute Gasteiger partial charge is 0.341 e. The Labute approximate surface area is 178 Å². The third-order valence-corrected chi connectivity index (χ3v) is 6.68. The van der Waals surface area contributed by atoms with Crippen molar-refractivity contribution < 1.29 is 31.2 Å². The highest BCUT2D eigenvalue weighted by Gasteiger charge is 2.31. The summed E-state index contributed by atoms with van der Waals surface area (Å²) in [5.41, 5.74) is 0.278. The van der Waals surface area contributed by atoms with E-state index in [1.807, 2.05) is 0 Å². The summed E-state index contributed by atoms with van der Waals surface area (Å²) in [6.45, 7) is 1.65. The van der Waals surface area contributed by atoms with Crippen LogP contribution in [-0.4, -0.2) is 55.8 Å². The summed E-state index contributed by atoms with van der Waals surface area (Å²) >= 11 is 0. The Bertz CT molecular complexity index is 1070. The van der Waals surface area contributed by atoms with Gasteiger partial charge in [-0.1, -0.05) is 30.3 Å². The molecule has 1 heterocycles. The summed E-state index contributed by atoms with van der Waals surface area (Å²) < 4.78 is 61.5. The zero-order valence-electron chi connectivity index (χ0n) is 16.6. The number of carbonyl (C=O) groups excluding carboxylic acids is 2. The number of rotatable bonds is 4. The molecule has 0 saturated carbocycles. The first kappa shape index (κ1) is 22.8. The Balaban J connectivity index is 1.75. The second-order valence-electron chi connectivity index (χ2n) is 7.29. The van der Waals surface area contributed by atoms with Crippen LogP contribution < -0.4 is 5.32 Å². The quantitative estimate of drug-likeness (QED) is 0.770. The molecule has 166 valence electrons. The van der Waals surface area contributed by atoms with E-state index in [9.17, 15) is 31.2 Å². The summed E-state index contributed by atoms with van der Waals surface area (Å²) in [7, 11) is -3.14. The molecular weight excluding hydrogens is 433 g/mol. The van der Waals surface area contributed by atoms with Crippen LogP contribution in [-0.2, 0) is 20.8 Å². The molecule has 6 nitrogen and oxygen atoms in total. The first-order valence-corrected chi connectivity index (χ1v) is 11.4. The molecule has 0 radical (unpaired) electrons. The molecular formula is C21H21F3N2O4S.